The molecule has 0 aromatic carbocycles. The normalized spacial score (nSPS) is 30.2. The Labute approximate surface area is 111 Å². The standard InChI is InChI=1S/C13H24N2O.ClH/c1-10(9-11-5-6-11)15-12(16)13(2)7-3-4-8-14-13;/h10-11,14H,3-9H2,1-2H3,(H,15,16);1H. The van der Waals surface area contributed by atoms with Crippen molar-refractivity contribution in [3.05, 3.63) is 0 Å². The predicted molar refractivity (Wildman–Crippen MR) is 72.5 cm³/mol. The first-order valence-corrected chi connectivity index (χ1v) is 6.66. The van der Waals surface area contributed by atoms with E-state index < -0.39 is 0 Å². The molecule has 0 bridgehead atoms. The van der Waals surface area contributed by atoms with Crippen molar-refractivity contribution in [2.24, 2.45) is 5.92 Å². The Morgan fingerprint density at radius 1 is 1.47 bits per heavy atom. The molecule has 1 saturated heterocycles. The van der Waals surface area contributed by atoms with Crippen molar-refractivity contribution in [3.8, 4) is 0 Å². The molecule has 1 heterocycles. The summed E-state index contributed by atoms with van der Waals surface area (Å²) in [6.45, 7) is 5.13. The zero-order valence-electron chi connectivity index (χ0n) is 10.9. The Hall–Kier alpha value is -0.280. The third kappa shape index (κ3) is 4.14. The summed E-state index contributed by atoms with van der Waals surface area (Å²) in [6.07, 6.45) is 7.19. The van der Waals surface area contributed by atoms with E-state index in [1.165, 1.54) is 19.3 Å². The molecule has 1 aliphatic carbocycles. The Kier molecular flexibility index (Phi) is 5.26. The van der Waals surface area contributed by atoms with Gasteiger partial charge in [0.15, 0.2) is 0 Å². The molecule has 2 fully saturated rings. The molecule has 17 heavy (non-hydrogen) atoms. The lowest BCUT2D eigenvalue weighted by atomic mass is 9.89. The molecule has 2 N–H and O–H groups in total. The predicted octanol–water partition coefficient (Wildman–Crippen LogP) is 2.25. The summed E-state index contributed by atoms with van der Waals surface area (Å²) >= 11 is 0. The monoisotopic (exact) mass is 260 g/mol. The second-order valence-electron chi connectivity index (χ2n) is 5.77. The summed E-state index contributed by atoms with van der Waals surface area (Å²) in [7, 11) is 0. The smallest absolute Gasteiger partial charge is 0.240 e. The third-order valence-corrected chi connectivity index (χ3v) is 3.88. The highest BCUT2D eigenvalue weighted by atomic mass is 35.5. The maximum Gasteiger partial charge on any atom is 0.240 e. The number of nitrogens with one attached hydrogen (secondary N) is 2. The molecule has 0 aromatic heterocycles. The number of carbonyl (C=O) groups is 1. The Morgan fingerprint density at radius 2 is 2.18 bits per heavy atom. The molecule has 0 radical (unpaired) electrons. The van der Waals surface area contributed by atoms with Gasteiger partial charge in [0.25, 0.3) is 0 Å². The van der Waals surface area contributed by atoms with Gasteiger partial charge in [-0.25, -0.2) is 0 Å². The number of amides is 1. The fourth-order valence-corrected chi connectivity index (χ4v) is 2.55. The van der Waals surface area contributed by atoms with E-state index in [2.05, 4.69) is 17.6 Å². The lowest BCUT2D eigenvalue weighted by Gasteiger charge is -2.34. The van der Waals surface area contributed by atoms with Crippen molar-refractivity contribution in [2.45, 2.75) is 64.0 Å². The quantitative estimate of drug-likeness (QED) is 0.814. The van der Waals surface area contributed by atoms with Crippen LogP contribution in [0.25, 0.3) is 0 Å². The van der Waals surface area contributed by atoms with Gasteiger partial charge in [-0.15, -0.1) is 12.4 Å². The fourth-order valence-electron chi connectivity index (χ4n) is 2.55. The molecule has 4 heteroatoms. The average Bonchev–Trinajstić information content (AvgIpc) is 3.02. The van der Waals surface area contributed by atoms with Gasteiger partial charge in [-0.2, -0.15) is 0 Å². The van der Waals surface area contributed by atoms with Crippen LogP contribution in [0.1, 0.15) is 52.4 Å². The highest BCUT2D eigenvalue weighted by Crippen LogP contribution is 2.33. The summed E-state index contributed by atoms with van der Waals surface area (Å²) in [6, 6.07) is 0.334. The molecule has 2 atom stereocenters. The van der Waals surface area contributed by atoms with Crippen LogP contribution >= 0.6 is 12.4 Å². The van der Waals surface area contributed by atoms with Gasteiger partial charge >= 0.3 is 0 Å². The number of halogens is 1. The minimum absolute atomic E-state index is 0. The topological polar surface area (TPSA) is 41.1 Å². The summed E-state index contributed by atoms with van der Waals surface area (Å²) in [5, 5.41) is 6.52. The van der Waals surface area contributed by atoms with Crippen LogP contribution in [0.2, 0.25) is 0 Å². The van der Waals surface area contributed by atoms with E-state index in [4.69, 9.17) is 0 Å². The first-order chi connectivity index (χ1) is 7.60. The van der Waals surface area contributed by atoms with E-state index in [0.29, 0.717) is 6.04 Å². The van der Waals surface area contributed by atoms with Crippen LogP contribution in [-0.2, 0) is 4.79 Å². The van der Waals surface area contributed by atoms with E-state index in [9.17, 15) is 4.79 Å². The molecule has 1 aliphatic heterocycles. The molecule has 1 saturated carbocycles. The minimum Gasteiger partial charge on any atom is -0.352 e. The zero-order valence-corrected chi connectivity index (χ0v) is 11.7. The van der Waals surface area contributed by atoms with E-state index in [0.717, 1.165) is 31.7 Å². The second-order valence-corrected chi connectivity index (χ2v) is 5.77. The molecule has 100 valence electrons. The van der Waals surface area contributed by atoms with Gasteiger partial charge in [0.1, 0.15) is 0 Å². The van der Waals surface area contributed by atoms with Gasteiger partial charge in [0.05, 0.1) is 5.54 Å². The van der Waals surface area contributed by atoms with Gasteiger partial charge in [-0.3, -0.25) is 4.79 Å². The number of carbonyl (C=O) groups excluding carboxylic acids is 1. The van der Waals surface area contributed by atoms with E-state index in [1.54, 1.807) is 0 Å². The van der Waals surface area contributed by atoms with E-state index >= 15 is 0 Å². The SMILES string of the molecule is CC(CC1CC1)NC(=O)C1(C)CCCCN1.Cl. The largest absolute Gasteiger partial charge is 0.352 e. The minimum atomic E-state index is -0.323. The van der Waals surface area contributed by atoms with Gasteiger partial charge in [0, 0.05) is 6.04 Å². The maximum atomic E-state index is 12.2. The number of rotatable bonds is 4. The average molecular weight is 261 g/mol. The van der Waals surface area contributed by atoms with Crippen molar-refractivity contribution in [1.82, 2.24) is 10.6 Å². The van der Waals surface area contributed by atoms with Crippen LogP contribution < -0.4 is 10.6 Å². The van der Waals surface area contributed by atoms with Crippen molar-refractivity contribution in [2.75, 3.05) is 6.54 Å². The molecule has 1 amide bonds. The van der Waals surface area contributed by atoms with Crippen LogP contribution in [0, 0.1) is 5.92 Å². The molecule has 0 spiro atoms. The molecule has 3 nitrogen and oxygen atoms in total. The first kappa shape index (κ1) is 14.8. The van der Waals surface area contributed by atoms with Gasteiger partial charge in [-0.05, 0) is 52.0 Å². The lowest BCUT2D eigenvalue weighted by Crippen LogP contribution is -2.58. The van der Waals surface area contributed by atoms with Crippen molar-refractivity contribution in [3.63, 3.8) is 0 Å². The lowest BCUT2D eigenvalue weighted by molar-refractivity contribution is -0.128. The molecule has 2 rings (SSSR count). The summed E-state index contributed by atoms with van der Waals surface area (Å²) in [4.78, 5) is 12.2. The van der Waals surface area contributed by atoms with E-state index in [-0.39, 0.29) is 23.9 Å². The van der Waals surface area contributed by atoms with Crippen LogP contribution in [0.3, 0.4) is 0 Å². The Balaban J connectivity index is 0.00000144. The van der Waals surface area contributed by atoms with Crippen LogP contribution in [0.4, 0.5) is 0 Å². The van der Waals surface area contributed by atoms with Crippen molar-refractivity contribution in [1.29, 1.82) is 0 Å². The van der Waals surface area contributed by atoms with Gasteiger partial charge in [-0.1, -0.05) is 12.8 Å². The molecular formula is C13H25ClN2O. The fraction of sp³-hybridized carbons (Fsp3) is 0.923. The van der Waals surface area contributed by atoms with Crippen LogP contribution in [-0.4, -0.2) is 24.0 Å². The molecule has 0 aromatic rings. The number of piperidine rings is 1. The maximum absolute atomic E-state index is 12.2. The van der Waals surface area contributed by atoms with Crippen LogP contribution in [0.5, 0.6) is 0 Å². The van der Waals surface area contributed by atoms with Gasteiger partial charge in [0.2, 0.25) is 5.91 Å². The molecular weight excluding hydrogens is 236 g/mol. The molecule has 2 unspecified atom stereocenters. The van der Waals surface area contributed by atoms with Crippen LogP contribution in [0.15, 0.2) is 0 Å². The summed E-state index contributed by atoms with van der Waals surface area (Å²) < 4.78 is 0. The number of hydrogen-bond acceptors (Lipinski definition) is 2. The third-order valence-electron chi connectivity index (χ3n) is 3.88. The molecule has 2 aliphatic rings. The second kappa shape index (κ2) is 6.05. The Bertz CT molecular complexity index is 260. The summed E-state index contributed by atoms with van der Waals surface area (Å²) in [5.74, 6) is 1.07. The van der Waals surface area contributed by atoms with Gasteiger partial charge < -0.3 is 10.6 Å². The Morgan fingerprint density at radius 3 is 2.71 bits per heavy atom. The number of hydrogen-bond donors (Lipinski definition) is 2. The highest BCUT2D eigenvalue weighted by Gasteiger charge is 2.35. The van der Waals surface area contributed by atoms with Crippen molar-refractivity contribution < 1.29 is 4.79 Å². The zero-order chi connectivity index (χ0) is 11.6. The summed E-state index contributed by atoms with van der Waals surface area (Å²) in [5.41, 5.74) is -0.323. The highest BCUT2D eigenvalue weighted by molar-refractivity contribution is 5.86. The first-order valence-electron chi connectivity index (χ1n) is 6.66. The van der Waals surface area contributed by atoms with Crippen molar-refractivity contribution >= 4 is 18.3 Å². The van der Waals surface area contributed by atoms with E-state index in [1.807, 2.05) is 6.92 Å².